The lowest BCUT2D eigenvalue weighted by Gasteiger charge is -2.48. The third-order valence-electron chi connectivity index (χ3n) is 7.43. The minimum Gasteiger partial charge on any atom is -0.458 e. The van der Waals surface area contributed by atoms with Gasteiger partial charge in [-0.1, -0.05) is 48.5 Å². The fraction of sp³-hybridized carbons (Fsp3) is 0.484. The van der Waals surface area contributed by atoms with Gasteiger partial charge in [-0.2, -0.15) is 0 Å². The number of carbonyl (C=O) groups excluding carboxylic acids is 4. The second-order valence-corrected chi connectivity index (χ2v) is 12.0. The molecule has 1 aliphatic heterocycles. The van der Waals surface area contributed by atoms with Crippen LogP contribution in [0.15, 0.2) is 48.5 Å². The molecule has 45 heavy (non-hydrogen) atoms. The predicted molar refractivity (Wildman–Crippen MR) is 157 cm³/mol. The summed E-state index contributed by atoms with van der Waals surface area (Å²) >= 11 is 0. The van der Waals surface area contributed by atoms with Crippen LogP contribution in [0, 0.1) is 0 Å². The fourth-order valence-corrected chi connectivity index (χ4v) is 5.43. The molecule has 0 spiro atoms. The summed E-state index contributed by atoms with van der Waals surface area (Å²) in [6.45, 7) is 4.95. The van der Waals surface area contributed by atoms with Crippen LogP contribution in [0.3, 0.4) is 0 Å². The third-order valence-corrected chi connectivity index (χ3v) is 7.43. The Kier molecular flexibility index (Phi) is 10.1. The number of hydrogen-bond acceptors (Lipinski definition) is 11. The molecule has 1 aliphatic carbocycles. The van der Waals surface area contributed by atoms with Gasteiger partial charge in [0.15, 0.2) is 6.23 Å². The van der Waals surface area contributed by atoms with E-state index >= 15 is 0 Å². The largest absolute Gasteiger partial charge is 0.458 e. The minimum absolute atomic E-state index is 0.0600. The molecule has 1 fully saturated rings. The number of esters is 1. The number of amides is 3. The highest BCUT2D eigenvalue weighted by Gasteiger charge is 2.56. The number of aliphatic hydroxyl groups excluding tert-OH is 3. The Morgan fingerprint density at radius 2 is 1.58 bits per heavy atom. The first-order chi connectivity index (χ1) is 21.1. The number of alkyl carbamates (subject to hydrolysis) is 1. The van der Waals surface area contributed by atoms with Gasteiger partial charge in [0, 0.05) is 12.8 Å². The standard InChI is InChI=1S/C31H39N3O11/c1-16(36)34-31(42)26(39)25(38)23(14-35)44-28(31)33-24(37)13-22(27(40)45-30(2,3)4)32-29(41)43-15-21-19-11-7-5-9-17(19)18-10-6-8-12-20(18)21/h5-12,21-23,25-26,28,35,38-39,42H,13-15H2,1-4H3,(H,32,41)(H,33,37)(H,34,36)/t22-,23+,25+,26-,28+,31+/m0/s1. The van der Waals surface area contributed by atoms with Crippen LogP contribution in [0.5, 0.6) is 0 Å². The van der Waals surface area contributed by atoms with Crippen LogP contribution in [0.1, 0.15) is 51.2 Å². The molecule has 2 aromatic rings. The number of aliphatic hydroxyl groups is 4. The van der Waals surface area contributed by atoms with Gasteiger partial charge in [0.25, 0.3) is 0 Å². The van der Waals surface area contributed by atoms with Gasteiger partial charge in [-0.25, -0.2) is 9.59 Å². The molecule has 1 heterocycles. The van der Waals surface area contributed by atoms with Crippen LogP contribution >= 0.6 is 0 Å². The van der Waals surface area contributed by atoms with Crippen molar-refractivity contribution in [2.75, 3.05) is 13.2 Å². The number of hydrogen-bond donors (Lipinski definition) is 7. The molecule has 7 N–H and O–H groups in total. The number of rotatable bonds is 9. The third kappa shape index (κ3) is 7.60. The molecular formula is C31H39N3O11. The van der Waals surface area contributed by atoms with E-state index in [-0.39, 0.29) is 12.5 Å². The van der Waals surface area contributed by atoms with Gasteiger partial charge in [0.05, 0.1) is 13.0 Å². The Morgan fingerprint density at radius 3 is 2.11 bits per heavy atom. The molecule has 6 atom stereocenters. The number of nitrogens with one attached hydrogen (secondary N) is 3. The van der Waals surface area contributed by atoms with Crippen molar-refractivity contribution >= 4 is 23.9 Å². The molecule has 2 aliphatic rings. The Labute approximate surface area is 259 Å². The highest BCUT2D eigenvalue weighted by molar-refractivity contribution is 5.88. The van der Waals surface area contributed by atoms with Crippen LogP contribution in [0.25, 0.3) is 11.1 Å². The van der Waals surface area contributed by atoms with E-state index in [9.17, 15) is 39.6 Å². The Bertz CT molecular complexity index is 1380. The maximum Gasteiger partial charge on any atom is 0.407 e. The highest BCUT2D eigenvalue weighted by atomic mass is 16.6. The monoisotopic (exact) mass is 629 g/mol. The normalized spacial score (nSPS) is 24.9. The highest BCUT2D eigenvalue weighted by Crippen LogP contribution is 2.44. The lowest BCUT2D eigenvalue weighted by molar-refractivity contribution is -0.288. The quantitative estimate of drug-likeness (QED) is 0.145. The van der Waals surface area contributed by atoms with Crippen molar-refractivity contribution in [3.8, 4) is 11.1 Å². The molecule has 1 saturated heterocycles. The molecule has 0 aromatic heterocycles. The topological polar surface area (TPSA) is 213 Å². The molecule has 0 saturated carbocycles. The summed E-state index contributed by atoms with van der Waals surface area (Å²) in [4.78, 5) is 51.0. The smallest absolute Gasteiger partial charge is 0.407 e. The summed E-state index contributed by atoms with van der Waals surface area (Å²) in [5.41, 5.74) is 0.297. The van der Waals surface area contributed by atoms with Gasteiger partial charge in [-0.3, -0.25) is 9.59 Å². The van der Waals surface area contributed by atoms with E-state index < -0.39 is 78.8 Å². The Morgan fingerprint density at radius 1 is 1.00 bits per heavy atom. The Hall–Kier alpha value is -4.08. The first-order valence-electron chi connectivity index (χ1n) is 14.4. The number of carbonyl (C=O) groups is 4. The van der Waals surface area contributed by atoms with Crippen LogP contribution in [-0.2, 0) is 28.6 Å². The molecule has 3 amide bonds. The molecule has 244 valence electrons. The second kappa shape index (κ2) is 13.5. The molecule has 0 unspecified atom stereocenters. The molecule has 4 rings (SSSR count). The van der Waals surface area contributed by atoms with E-state index in [4.69, 9.17) is 14.2 Å². The Balaban J connectivity index is 1.48. The summed E-state index contributed by atoms with van der Waals surface area (Å²) in [6, 6.07) is 13.9. The number of fused-ring (bicyclic) bond motifs is 3. The zero-order chi connectivity index (χ0) is 33.1. The van der Waals surface area contributed by atoms with Gasteiger partial charge in [-0.05, 0) is 43.0 Å². The van der Waals surface area contributed by atoms with Crippen LogP contribution in [0.4, 0.5) is 4.79 Å². The van der Waals surface area contributed by atoms with E-state index in [0.29, 0.717) is 0 Å². The van der Waals surface area contributed by atoms with Crippen LogP contribution in [-0.4, -0.2) is 99.4 Å². The summed E-state index contributed by atoms with van der Waals surface area (Å²) < 4.78 is 16.3. The van der Waals surface area contributed by atoms with E-state index in [2.05, 4.69) is 10.6 Å². The van der Waals surface area contributed by atoms with Gasteiger partial charge < -0.3 is 50.6 Å². The maximum absolute atomic E-state index is 13.2. The van der Waals surface area contributed by atoms with E-state index in [1.54, 1.807) is 20.8 Å². The zero-order valence-electron chi connectivity index (χ0n) is 25.4. The summed E-state index contributed by atoms with van der Waals surface area (Å²) in [7, 11) is 0. The van der Waals surface area contributed by atoms with Gasteiger partial charge in [-0.15, -0.1) is 0 Å². The van der Waals surface area contributed by atoms with Crippen molar-refractivity contribution in [3.05, 3.63) is 59.7 Å². The van der Waals surface area contributed by atoms with E-state index in [0.717, 1.165) is 29.2 Å². The van der Waals surface area contributed by atoms with Crippen molar-refractivity contribution < 1.29 is 53.8 Å². The molecule has 14 nitrogen and oxygen atoms in total. The average molecular weight is 630 g/mol. The second-order valence-electron chi connectivity index (χ2n) is 12.0. The van der Waals surface area contributed by atoms with E-state index in [1.807, 2.05) is 53.8 Å². The SMILES string of the molecule is CC(=O)N[C@]1(O)[C@H](NC(=O)C[C@H](NC(=O)OCC2c3ccccc3-c3ccccc32)C(=O)OC(C)(C)C)O[C@H](CO)[C@@H](O)[C@@H]1O. The number of ether oxygens (including phenoxy) is 3. The van der Waals surface area contributed by atoms with Gasteiger partial charge in [0.2, 0.25) is 17.5 Å². The van der Waals surface area contributed by atoms with Crippen molar-refractivity contribution in [2.45, 2.75) is 81.9 Å². The average Bonchev–Trinajstić information content (AvgIpc) is 3.28. The summed E-state index contributed by atoms with van der Waals surface area (Å²) in [5, 5.41) is 47.9. The first kappa shape index (κ1) is 33.8. The molecule has 2 aromatic carbocycles. The lowest BCUT2D eigenvalue weighted by Crippen LogP contribution is -2.76. The molecule has 14 heteroatoms. The van der Waals surface area contributed by atoms with Crippen LogP contribution < -0.4 is 16.0 Å². The van der Waals surface area contributed by atoms with Gasteiger partial charge >= 0.3 is 12.1 Å². The van der Waals surface area contributed by atoms with Gasteiger partial charge in [0.1, 0.15) is 36.6 Å². The first-order valence-corrected chi connectivity index (χ1v) is 14.4. The molecular weight excluding hydrogens is 590 g/mol. The van der Waals surface area contributed by atoms with Crippen molar-refractivity contribution in [1.82, 2.24) is 16.0 Å². The summed E-state index contributed by atoms with van der Waals surface area (Å²) in [6.07, 6.45) is -8.97. The van der Waals surface area contributed by atoms with Crippen molar-refractivity contribution in [2.24, 2.45) is 0 Å². The predicted octanol–water partition coefficient (Wildman–Crippen LogP) is 0.00540. The summed E-state index contributed by atoms with van der Waals surface area (Å²) in [5.74, 6) is -3.05. The zero-order valence-corrected chi connectivity index (χ0v) is 25.4. The lowest BCUT2D eigenvalue weighted by atomic mass is 9.92. The van der Waals surface area contributed by atoms with Crippen LogP contribution in [0.2, 0.25) is 0 Å². The van der Waals surface area contributed by atoms with E-state index in [1.165, 1.54) is 0 Å². The molecule has 0 radical (unpaired) electrons. The number of benzene rings is 2. The minimum atomic E-state index is -2.71. The van der Waals surface area contributed by atoms with Crippen molar-refractivity contribution in [1.29, 1.82) is 0 Å². The molecule has 0 bridgehead atoms. The maximum atomic E-state index is 13.2. The fourth-order valence-electron chi connectivity index (χ4n) is 5.43. The van der Waals surface area contributed by atoms with Crippen molar-refractivity contribution in [3.63, 3.8) is 0 Å².